The molecule has 13 nitrogen and oxygen atoms in total. The maximum atomic E-state index is 15.3. The lowest BCUT2D eigenvalue weighted by Crippen LogP contribution is -2.53. The first-order valence-electron chi connectivity index (χ1n) is 15.3. The number of halogens is 2. The molecule has 3 aromatic carbocycles. The Bertz CT molecular complexity index is 2160. The fourth-order valence-electron chi connectivity index (χ4n) is 7.67. The Balaban J connectivity index is 1.54. The molecule has 3 heterocycles. The second-order valence-electron chi connectivity index (χ2n) is 12.1. The van der Waals surface area contributed by atoms with Crippen LogP contribution in [0.15, 0.2) is 75.8 Å². The van der Waals surface area contributed by atoms with Crippen molar-refractivity contribution in [2.45, 2.75) is 30.3 Å². The van der Waals surface area contributed by atoms with Gasteiger partial charge in [0.2, 0.25) is 5.75 Å². The van der Waals surface area contributed by atoms with Crippen LogP contribution in [0.4, 0.5) is 5.69 Å². The minimum absolute atomic E-state index is 0.00117. The number of carbonyl (C=O) groups is 2. The number of aromatic hydroxyl groups is 1. The lowest BCUT2D eigenvalue weighted by atomic mass is 9.53. The average Bonchev–Trinajstić information content (AvgIpc) is 3.45. The zero-order chi connectivity index (χ0) is 34.9. The topological polar surface area (TPSA) is 146 Å². The summed E-state index contributed by atoms with van der Waals surface area (Å²) < 4.78 is 20.2. The SMILES string of the molecule is COc1ccc([C@@]23C(=O)N(Nc4ccc(Cl)cc4Cl)C(=O)[C@@H]2C[C@@H]2C(=CCn4c(=O)n(C)c(=O)n42)[C@@H]3c2cc(OC)c(O)c(OC)c2)cc1. The van der Waals surface area contributed by atoms with Gasteiger partial charge in [-0.25, -0.2) is 23.5 Å². The number of phenolic OH excluding ortho intramolecular Hbond substituents is 1. The summed E-state index contributed by atoms with van der Waals surface area (Å²) in [5.74, 6) is -2.74. The van der Waals surface area contributed by atoms with E-state index >= 15 is 4.79 Å². The number of nitrogens with zero attached hydrogens (tertiary/aromatic N) is 4. The van der Waals surface area contributed by atoms with Gasteiger partial charge >= 0.3 is 11.4 Å². The molecule has 0 unspecified atom stereocenters. The third kappa shape index (κ3) is 4.59. The van der Waals surface area contributed by atoms with Crippen LogP contribution in [0, 0.1) is 5.92 Å². The summed E-state index contributed by atoms with van der Waals surface area (Å²) in [4.78, 5) is 56.7. The van der Waals surface area contributed by atoms with E-state index in [1.54, 1.807) is 48.5 Å². The van der Waals surface area contributed by atoms with Crippen LogP contribution < -0.4 is 31.0 Å². The number of hydrogen-bond acceptors (Lipinski definition) is 9. The molecule has 4 atom stereocenters. The molecule has 254 valence electrons. The summed E-state index contributed by atoms with van der Waals surface area (Å²) in [5, 5.41) is 12.4. The van der Waals surface area contributed by atoms with E-state index in [1.165, 1.54) is 43.8 Å². The van der Waals surface area contributed by atoms with E-state index in [4.69, 9.17) is 37.4 Å². The van der Waals surface area contributed by atoms with Crippen LogP contribution in [0.3, 0.4) is 0 Å². The van der Waals surface area contributed by atoms with Gasteiger partial charge in [-0.3, -0.25) is 15.0 Å². The standard InChI is InChI=1S/C34H31Cl2N5O8/c1-38-32(45)39-12-11-21-25(41(39)33(38)46)16-22-30(43)40(37-24-10-7-19(35)15-23(24)36)31(44)34(22,18-5-8-20(47-2)9-6-18)28(21)17-13-26(48-3)29(42)27(14-17)49-4/h5-11,13-15,22,25,28,37,42H,12,16H2,1-4H3/t22-,25+,28-,34+/m0/s1. The average molecular weight is 709 g/mol. The number of benzene rings is 3. The summed E-state index contributed by atoms with van der Waals surface area (Å²) in [6.07, 6.45) is 1.83. The van der Waals surface area contributed by atoms with Gasteiger partial charge in [-0.2, -0.15) is 5.01 Å². The van der Waals surface area contributed by atoms with Crippen molar-refractivity contribution >= 4 is 40.7 Å². The highest BCUT2D eigenvalue weighted by atomic mass is 35.5. The second-order valence-corrected chi connectivity index (χ2v) is 12.9. The Morgan fingerprint density at radius 2 is 1.57 bits per heavy atom. The van der Waals surface area contributed by atoms with Gasteiger partial charge in [-0.15, -0.1) is 0 Å². The Labute approximate surface area is 289 Å². The molecular formula is C34H31Cl2N5O8. The molecule has 0 bridgehead atoms. The molecule has 1 saturated heterocycles. The van der Waals surface area contributed by atoms with Gasteiger partial charge in [0.05, 0.1) is 56.0 Å². The van der Waals surface area contributed by atoms with Crippen LogP contribution in [-0.4, -0.2) is 57.2 Å². The van der Waals surface area contributed by atoms with Crippen LogP contribution in [0.1, 0.15) is 29.5 Å². The van der Waals surface area contributed by atoms with Crippen LogP contribution in [0.2, 0.25) is 10.0 Å². The van der Waals surface area contributed by atoms with Crippen molar-refractivity contribution in [2.75, 3.05) is 26.8 Å². The number of ether oxygens (including phenoxy) is 3. The summed E-state index contributed by atoms with van der Waals surface area (Å²) in [7, 11) is 5.69. The number of amides is 2. The molecule has 1 saturated carbocycles. The number of aromatic nitrogens is 3. The largest absolute Gasteiger partial charge is 0.502 e. The minimum atomic E-state index is -1.62. The fourth-order valence-corrected chi connectivity index (χ4v) is 8.12. The quantitative estimate of drug-likeness (QED) is 0.215. The molecule has 0 radical (unpaired) electrons. The van der Waals surface area contributed by atoms with Crippen LogP contribution in [0.25, 0.3) is 0 Å². The number of hydrogen-bond donors (Lipinski definition) is 2. The smallest absolute Gasteiger partial charge is 0.347 e. The van der Waals surface area contributed by atoms with Crippen molar-refractivity contribution in [2.24, 2.45) is 13.0 Å². The van der Waals surface area contributed by atoms with Gasteiger partial charge in [0.15, 0.2) is 11.5 Å². The van der Waals surface area contributed by atoms with E-state index in [0.717, 1.165) is 9.58 Å². The number of allylic oxidation sites excluding steroid dienone is 2. The number of imide groups is 1. The third-order valence-electron chi connectivity index (χ3n) is 9.87. The number of nitrogens with one attached hydrogen (secondary N) is 1. The molecule has 2 N–H and O–H groups in total. The van der Waals surface area contributed by atoms with Crippen molar-refractivity contribution in [3.63, 3.8) is 0 Å². The third-order valence-corrected chi connectivity index (χ3v) is 10.4. The highest BCUT2D eigenvalue weighted by Crippen LogP contribution is 2.62. The molecule has 49 heavy (non-hydrogen) atoms. The van der Waals surface area contributed by atoms with Gasteiger partial charge in [0.1, 0.15) is 5.75 Å². The molecule has 15 heteroatoms. The first-order chi connectivity index (χ1) is 23.5. The van der Waals surface area contributed by atoms with E-state index < -0.39 is 46.5 Å². The number of carbonyl (C=O) groups excluding carboxylic acids is 2. The molecule has 3 aliphatic rings. The second kappa shape index (κ2) is 11.8. The lowest BCUT2D eigenvalue weighted by molar-refractivity contribution is -0.138. The highest BCUT2D eigenvalue weighted by Gasteiger charge is 2.69. The van der Waals surface area contributed by atoms with Crippen molar-refractivity contribution in [1.29, 1.82) is 0 Å². The Morgan fingerprint density at radius 3 is 2.18 bits per heavy atom. The van der Waals surface area contributed by atoms with Gasteiger partial charge < -0.3 is 19.3 Å². The van der Waals surface area contributed by atoms with Gasteiger partial charge in [0.25, 0.3) is 11.8 Å². The van der Waals surface area contributed by atoms with Gasteiger partial charge in [-0.05, 0) is 65.6 Å². The van der Waals surface area contributed by atoms with E-state index in [9.17, 15) is 19.5 Å². The maximum absolute atomic E-state index is 15.3. The highest BCUT2D eigenvalue weighted by molar-refractivity contribution is 6.36. The van der Waals surface area contributed by atoms with Gasteiger partial charge in [-0.1, -0.05) is 41.4 Å². The number of phenols is 1. The number of methoxy groups -OCH3 is 3. The zero-order valence-corrected chi connectivity index (χ0v) is 28.3. The van der Waals surface area contributed by atoms with Crippen LogP contribution in [0.5, 0.6) is 23.0 Å². The van der Waals surface area contributed by atoms with Crippen molar-refractivity contribution in [3.05, 3.63) is 108 Å². The normalized spacial score (nSPS) is 22.6. The van der Waals surface area contributed by atoms with E-state index in [0.29, 0.717) is 27.5 Å². The predicted octanol–water partition coefficient (Wildman–Crippen LogP) is 4.01. The molecule has 2 amide bonds. The number of hydrazine groups is 1. The first-order valence-corrected chi connectivity index (χ1v) is 16.0. The summed E-state index contributed by atoms with van der Waals surface area (Å²) in [6.45, 7) is 0.0391. The molecule has 7 rings (SSSR count). The Hall–Kier alpha value is -5.14. The van der Waals surface area contributed by atoms with Crippen molar-refractivity contribution in [3.8, 4) is 23.0 Å². The zero-order valence-electron chi connectivity index (χ0n) is 26.8. The maximum Gasteiger partial charge on any atom is 0.347 e. The van der Waals surface area contributed by atoms with Crippen LogP contribution in [-0.2, 0) is 28.6 Å². The molecule has 2 aliphatic heterocycles. The molecule has 1 aromatic heterocycles. The van der Waals surface area contributed by atoms with Crippen molar-refractivity contribution < 1.29 is 28.9 Å². The molecule has 0 spiro atoms. The summed E-state index contributed by atoms with van der Waals surface area (Å²) in [5.41, 5.74) is 2.12. The van der Waals surface area contributed by atoms with E-state index in [1.807, 2.05) is 6.08 Å². The molecule has 2 fully saturated rings. The minimum Gasteiger partial charge on any atom is -0.502 e. The molecule has 1 aliphatic carbocycles. The number of rotatable bonds is 7. The molecular weight excluding hydrogens is 677 g/mol. The monoisotopic (exact) mass is 707 g/mol. The van der Waals surface area contributed by atoms with Gasteiger partial charge in [0, 0.05) is 18.0 Å². The summed E-state index contributed by atoms with van der Waals surface area (Å²) >= 11 is 12.6. The fraction of sp³-hybridized carbons (Fsp3) is 0.294. The first kappa shape index (κ1) is 32.4. The van der Waals surface area contributed by atoms with Crippen LogP contribution >= 0.6 is 23.2 Å². The summed E-state index contributed by atoms with van der Waals surface area (Å²) in [6, 6.07) is 13.9. The van der Waals surface area contributed by atoms with Crippen molar-refractivity contribution in [1.82, 2.24) is 18.9 Å². The number of fused-ring (bicyclic) bond motifs is 4. The Kier molecular flexibility index (Phi) is 7.79. The molecule has 4 aromatic rings. The predicted molar refractivity (Wildman–Crippen MR) is 180 cm³/mol. The number of anilines is 1. The van der Waals surface area contributed by atoms with E-state index in [-0.39, 0.29) is 40.9 Å². The van der Waals surface area contributed by atoms with E-state index in [2.05, 4.69) is 5.43 Å². The Morgan fingerprint density at radius 1 is 0.898 bits per heavy atom. The lowest BCUT2D eigenvalue weighted by Gasteiger charge is -2.49.